The van der Waals surface area contributed by atoms with E-state index >= 15 is 0 Å². The Morgan fingerprint density at radius 3 is 2.07 bits per heavy atom. The fourth-order valence-corrected chi connectivity index (χ4v) is 3.01. The van der Waals surface area contributed by atoms with Crippen LogP contribution >= 0.6 is 0 Å². The lowest BCUT2D eigenvalue weighted by molar-refractivity contribution is -0.148. The molecule has 2 amide bonds. The van der Waals surface area contributed by atoms with E-state index in [0.29, 0.717) is 0 Å². The first-order chi connectivity index (χ1) is 6.96. The molecule has 1 N–H and O–H groups in total. The molecule has 0 aromatic rings. The number of carbonyl (C=O) groups excluding carboxylic acids is 2. The van der Waals surface area contributed by atoms with Gasteiger partial charge in [0.15, 0.2) is 0 Å². The number of likely N-dealkylation sites (tertiary alicyclic amines) is 1. The molecule has 0 aromatic carbocycles. The normalized spacial score (nSPS) is 39.3. The fourth-order valence-electron chi connectivity index (χ4n) is 3.01. The van der Waals surface area contributed by atoms with Crippen molar-refractivity contribution in [3.8, 4) is 0 Å². The van der Waals surface area contributed by atoms with Crippen molar-refractivity contribution in [3.05, 3.63) is 0 Å². The van der Waals surface area contributed by atoms with E-state index in [-0.39, 0.29) is 35.7 Å². The van der Waals surface area contributed by atoms with Gasteiger partial charge in [-0.3, -0.25) is 14.5 Å². The van der Waals surface area contributed by atoms with Gasteiger partial charge >= 0.3 is 0 Å². The summed E-state index contributed by atoms with van der Waals surface area (Å²) in [7, 11) is 0. The van der Waals surface area contributed by atoms with Gasteiger partial charge in [0.25, 0.3) is 0 Å². The van der Waals surface area contributed by atoms with Gasteiger partial charge in [-0.25, -0.2) is 0 Å². The average Bonchev–Trinajstić information content (AvgIpc) is 3.00. The summed E-state index contributed by atoms with van der Waals surface area (Å²) in [6.07, 6.45) is 1.53. The topological polar surface area (TPSA) is 57.6 Å². The van der Waals surface area contributed by atoms with Crippen LogP contribution in [0, 0.1) is 17.3 Å². The Hall–Kier alpha value is -0.900. The molecule has 2 atom stereocenters. The van der Waals surface area contributed by atoms with Crippen molar-refractivity contribution >= 4 is 11.8 Å². The Kier molecular flexibility index (Phi) is 1.41. The molecule has 3 rings (SSSR count). The van der Waals surface area contributed by atoms with Crippen molar-refractivity contribution in [2.75, 3.05) is 6.61 Å². The van der Waals surface area contributed by atoms with E-state index in [9.17, 15) is 14.7 Å². The molecule has 0 bridgehead atoms. The highest BCUT2D eigenvalue weighted by Gasteiger charge is 2.75. The number of aliphatic hydroxyl groups is 1. The van der Waals surface area contributed by atoms with Crippen molar-refractivity contribution in [2.24, 2.45) is 17.3 Å². The molecular weight excluding hydrogens is 194 g/mol. The standard InChI is InChI=1S/C11H15NO3/c1-10(2)6-7(10)9(15)12(8(6)14)11(5-13)3-4-11/h6-7,13H,3-5H2,1-2H3. The number of amides is 2. The maximum atomic E-state index is 12.0. The fraction of sp³-hybridized carbons (Fsp3) is 0.818. The van der Waals surface area contributed by atoms with Crippen LogP contribution in [-0.2, 0) is 9.59 Å². The van der Waals surface area contributed by atoms with E-state index in [2.05, 4.69) is 0 Å². The minimum atomic E-state index is -0.516. The third kappa shape index (κ3) is 0.869. The number of fused-ring (bicyclic) bond motifs is 1. The Morgan fingerprint density at radius 2 is 1.73 bits per heavy atom. The van der Waals surface area contributed by atoms with Gasteiger partial charge < -0.3 is 5.11 Å². The second-order valence-electron chi connectivity index (χ2n) is 5.67. The first kappa shape index (κ1) is 9.33. The Balaban J connectivity index is 1.92. The first-order valence-corrected chi connectivity index (χ1v) is 5.44. The number of hydrogen-bond acceptors (Lipinski definition) is 3. The van der Waals surface area contributed by atoms with Gasteiger partial charge in [0, 0.05) is 0 Å². The largest absolute Gasteiger partial charge is 0.394 e. The number of aliphatic hydroxyl groups excluding tert-OH is 1. The van der Waals surface area contributed by atoms with E-state index in [1.165, 1.54) is 4.90 Å². The molecule has 4 heteroatoms. The molecule has 82 valence electrons. The summed E-state index contributed by atoms with van der Waals surface area (Å²) in [5.74, 6) is -0.342. The zero-order valence-electron chi connectivity index (χ0n) is 8.99. The summed E-state index contributed by atoms with van der Waals surface area (Å²) in [4.78, 5) is 25.4. The number of carbonyl (C=O) groups is 2. The van der Waals surface area contributed by atoms with Crippen molar-refractivity contribution < 1.29 is 14.7 Å². The van der Waals surface area contributed by atoms with E-state index < -0.39 is 5.54 Å². The molecule has 0 spiro atoms. The van der Waals surface area contributed by atoms with Gasteiger partial charge in [0.1, 0.15) is 0 Å². The van der Waals surface area contributed by atoms with Crippen molar-refractivity contribution in [1.29, 1.82) is 0 Å². The van der Waals surface area contributed by atoms with Crippen LogP contribution < -0.4 is 0 Å². The van der Waals surface area contributed by atoms with Crippen LogP contribution in [0.3, 0.4) is 0 Å². The average molecular weight is 209 g/mol. The molecular formula is C11H15NO3. The van der Waals surface area contributed by atoms with Crippen LogP contribution in [0.25, 0.3) is 0 Å². The summed E-state index contributed by atoms with van der Waals surface area (Å²) in [5, 5.41) is 9.24. The van der Waals surface area contributed by atoms with E-state index in [4.69, 9.17) is 0 Å². The summed E-state index contributed by atoms with van der Waals surface area (Å²) >= 11 is 0. The summed E-state index contributed by atoms with van der Waals surface area (Å²) in [6, 6.07) is 0. The lowest BCUT2D eigenvalue weighted by Crippen LogP contribution is -2.47. The molecule has 2 aliphatic carbocycles. The highest BCUT2D eigenvalue weighted by molar-refractivity contribution is 6.11. The summed E-state index contributed by atoms with van der Waals surface area (Å²) < 4.78 is 0. The van der Waals surface area contributed by atoms with Gasteiger partial charge in [-0.1, -0.05) is 13.8 Å². The van der Waals surface area contributed by atoms with Gasteiger partial charge in [0.05, 0.1) is 24.0 Å². The maximum absolute atomic E-state index is 12.0. The predicted molar refractivity (Wildman–Crippen MR) is 51.7 cm³/mol. The molecule has 2 unspecified atom stereocenters. The smallest absolute Gasteiger partial charge is 0.234 e. The van der Waals surface area contributed by atoms with Crippen LogP contribution in [-0.4, -0.2) is 34.0 Å². The zero-order valence-corrected chi connectivity index (χ0v) is 8.99. The maximum Gasteiger partial charge on any atom is 0.234 e. The second-order valence-corrected chi connectivity index (χ2v) is 5.67. The number of rotatable bonds is 2. The number of piperidine rings is 1. The van der Waals surface area contributed by atoms with Gasteiger partial charge in [-0.05, 0) is 18.3 Å². The van der Waals surface area contributed by atoms with Crippen LogP contribution in [0.15, 0.2) is 0 Å². The van der Waals surface area contributed by atoms with Crippen molar-refractivity contribution in [3.63, 3.8) is 0 Å². The lowest BCUT2D eigenvalue weighted by Gasteiger charge is -2.28. The molecule has 0 aromatic heterocycles. The molecule has 2 saturated carbocycles. The SMILES string of the molecule is CC1(C)C2C(=O)N(C3(CO)CC3)C(=O)C21. The molecule has 15 heavy (non-hydrogen) atoms. The molecule has 3 aliphatic rings. The van der Waals surface area contributed by atoms with Crippen molar-refractivity contribution in [1.82, 2.24) is 4.90 Å². The molecule has 0 radical (unpaired) electrons. The molecule has 1 aliphatic heterocycles. The van der Waals surface area contributed by atoms with Crippen LogP contribution in [0.5, 0.6) is 0 Å². The molecule has 1 saturated heterocycles. The van der Waals surface area contributed by atoms with Crippen LogP contribution in [0.4, 0.5) is 0 Å². The molecule has 4 nitrogen and oxygen atoms in total. The highest BCUT2D eigenvalue weighted by atomic mass is 16.3. The van der Waals surface area contributed by atoms with E-state index in [0.717, 1.165) is 12.8 Å². The predicted octanol–water partition coefficient (Wildman–Crippen LogP) is 0.152. The monoisotopic (exact) mass is 209 g/mol. The van der Waals surface area contributed by atoms with Gasteiger partial charge in [0.2, 0.25) is 11.8 Å². The van der Waals surface area contributed by atoms with Crippen LogP contribution in [0.2, 0.25) is 0 Å². The highest BCUT2D eigenvalue weighted by Crippen LogP contribution is 2.65. The van der Waals surface area contributed by atoms with Crippen molar-refractivity contribution in [2.45, 2.75) is 32.2 Å². The zero-order chi connectivity index (χ0) is 11.0. The van der Waals surface area contributed by atoms with E-state index in [1.807, 2.05) is 13.8 Å². The number of hydrogen-bond donors (Lipinski definition) is 1. The van der Waals surface area contributed by atoms with Gasteiger partial charge in [-0.2, -0.15) is 0 Å². The lowest BCUT2D eigenvalue weighted by atomic mass is 10.0. The third-order valence-corrected chi connectivity index (χ3v) is 4.40. The molecule has 1 heterocycles. The Bertz CT molecular complexity index is 346. The van der Waals surface area contributed by atoms with E-state index in [1.54, 1.807) is 0 Å². The number of nitrogens with zero attached hydrogens (tertiary/aromatic N) is 1. The summed E-state index contributed by atoms with van der Waals surface area (Å²) in [6.45, 7) is 3.85. The Labute approximate surface area is 88.2 Å². The number of imide groups is 1. The Morgan fingerprint density at radius 1 is 1.27 bits per heavy atom. The summed E-state index contributed by atoms with van der Waals surface area (Å²) in [5.41, 5.74) is -0.659. The third-order valence-electron chi connectivity index (χ3n) is 4.40. The first-order valence-electron chi connectivity index (χ1n) is 5.44. The minimum Gasteiger partial charge on any atom is -0.394 e. The second kappa shape index (κ2) is 2.26. The van der Waals surface area contributed by atoms with Crippen LogP contribution in [0.1, 0.15) is 26.7 Å². The van der Waals surface area contributed by atoms with Gasteiger partial charge in [-0.15, -0.1) is 0 Å². The minimum absolute atomic E-state index is 0.0541. The quantitative estimate of drug-likeness (QED) is 0.659. The molecule has 3 fully saturated rings.